The maximum absolute atomic E-state index is 6.03. The lowest BCUT2D eigenvalue weighted by Gasteiger charge is -2.33. The lowest BCUT2D eigenvalue weighted by atomic mass is 9.99. The predicted molar refractivity (Wildman–Crippen MR) is 172 cm³/mol. The molecule has 0 aliphatic carbocycles. The fraction of sp³-hybridized carbons (Fsp3) is 0.206. The summed E-state index contributed by atoms with van der Waals surface area (Å²) in [5.41, 5.74) is 6.55. The van der Waals surface area contributed by atoms with Crippen molar-refractivity contribution in [2.75, 3.05) is 28.2 Å². The molecule has 2 aromatic heterocycles. The summed E-state index contributed by atoms with van der Waals surface area (Å²) in [7, 11) is 0. The molecule has 2 N–H and O–H groups in total. The zero-order valence-electron chi connectivity index (χ0n) is 23.3. The van der Waals surface area contributed by atoms with Crippen LogP contribution < -0.4 is 20.4 Å². The zero-order chi connectivity index (χ0) is 28.3. The minimum atomic E-state index is 0.448. The van der Waals surface area contributed by atoms with E-state index in [1.54, 1.807) is 0 Å². The van der Waals surface area contributed by atoms with Crippen molar-refractivity contribution in [3.05, 3.63) is 125 Å². The number of thiocarbonyl (C=S) groups is 1. The first-order chi connectivity index (χ1) is 20.7. The Bertz CT molecular complexity index is 1640. The Morgan fingerprint density at radius 1 is 0.714 bits per heavy atom. The van der Waals surface area contributed by atoms with E-state index in [1.165, 1.54) is 22.3 Å². The number of furan rings is 1. The number of anilines is 3. The number of rotatable bonds is 6. The maximum Gasteiger partial charge on any atom is 0.232 e. The highest BCUT2D eigenvalue weighted by Crippen LogP contribution is 2.29. The highest BCUT2D eigenvalue weighted by molar-refractivity contribution is 7.80. The first kappa shape index (κ1) is 26.2. The molecule has 42 heavy (non-hydrogen) atoms. The average Bonchev–Trinajstić information content (AvgIpc) is 3.53. The predicted octanol–water partition coefficient (Wildman–Crippen LogP) is 6.35. The van der Waals surface area contributed by atoms with Gasteiger partial charge < -0.3 is 24.9 Å². The van der Waals surface area contributed by atoms with Gasteiger partial charge in [-0.25, -0.2) is 0 Å². The summed E-state index contributed by atoms with van der Waals surface area (Å²) in [6.07, 6.45) is 1.98. The summed E-state index contributed by atoms with van der Waals surface area (Å²) >= 11 is 5.67. The number of nitrogens with zero attached hydrogens (tertiary/aromatic N) is 4. The van der Waals surface area contributed by atoms with Crippen LogP contribution in [0.4, 0.5) is 17.6 Å². The number of nitrogens with one attached hydrogen (secondary N) is 2. The van der Waals surface area contributed by atoms with Crippen molar-refractivity contribution in [3.63, 3.8) is 0 Å². The van der Waals surface area contributed by atoms with Crippen molar-refractivity contribution in [1.82, 2.24) is 15.3 Å². The average molecular weight is 573 g/mol. The second-order valence-electron chi connectivity index (χ2n) is 10.7. The van der Waals surface area contributed by atoms with Crippen molar-refractivity contribution in [3.8, 4) is 11.3 Å². The third kappa shape index (κ3) is 5.71. The van der Waals surface area contributed by atoms with Gasteiger partial charge in [-0.15, -0.1) is 0 Å². The Hall–Kier alpha value is -4.69. The van der Waals surface area contributed by atoms with Crippen LogP contribution in [-0.2, 0) is 32.5 Å². The fourth-order valence-electron chi connectivity index (χ4n) is 5.73. The van der Waals surface area contributed by atoms with Crippen LogP contribution in [0.1, 0.15) is 28.0 Å². The monoisotopic (exact) mass is 572 g/mol. The van der Waals surface area contributed by atoms with E-state index in [-0.39, 0.29) is 0 Å². The van der Waals surface area contributed by atoms with E-state index in [9.17, 15) is 0 Å². The van der Waals surface area contributed by atoms with E-state index >= 15 is 0 Å². The van der Waals surface area contributed by atoms with Gasteiger partial charge in [0.25, 0.3) is 0 Å². The standard InChI is InChI=1S/C34H32N6OS/c42-34(35-21-29-14-15-30(41-29)26-10-2-1-3-11-26)38-33-36-31(39-18-16-24-8-4-6-12-27(24)22-39)20-32(37-33)40-19-17-25-9-5-7-13-28(25)23-40/h1-15,20H,16-19,21-23H2,(H2,35,36,37,38,42). The van der Waals surface area contributed by atoms with Crippen molar-refractivity contribution < 1.29 is 4.42 Å². The zero-order valence-corrected chi connectivity index (χ0v) is 24.1. The molecular formula is C34H32N6OS. The second kappa shape index (κ2) is 11.7. The molecule has 2 aliphatic rings. The van der Waals surface area contributed by atoms with E-state index in [1.807, 2.05) is 42.5 Å². The first-order valence-electron chi connectivity index (χ1n) is 14.4. The molecule has 5 aromatic rings. The highest BCUT2D eigenvalue weighted by Gasteiger charge is 2.23. The van der Waals surface area contributed by atoms with Crippen LogP contribution in [0.2, 0.25) is 0 Å². The van der Waals surface area contributed by atoms with Gasteiger partial charge in [0.05, 0.1) is 6.54 Å². The lowest BCUT2D eigenvalue weighted by Crippen LogP contribution is -2.34. The molecule has 3 aromatic carbocycles. The van der Waals surface area contributed by atoms with E-state index in [4.69, 9.17) is 26.6 Å². The Kier molecular flexibility index (Phi) is 7.28. The van der Waals surface area contributed by atoms with Gasteiger partial charge in [0.1, 0.15) is 23.2 Å². The topological polar surface area (TPSA) is 69.5 Å². The maximum atomic E-state index is 6.03. The minimum Gasteiger partial charge on any atom is -0.459 e. The van der Waals surface area contributed by atoms with Gasteiger partial charge in [0.2, 0.25) is 5.95 Å². The smallest absolute Gasteiger partial charge is 0.232 e. The van der Waals surface area contributed by atoms with E-state index < -0.39 is 0 Å². The number of fused-ring (bicyclic) bond motifs is 2. The number of aromatic nitrogens is 2. The van der Waals surface area contributed by atoms with Gasteiger partial charge in [-0.3, -0.25) is 0 Å². The van der Waals surface area contributed by atoms with Gasteiger partial charge in [0.15, 0.2) is 5.11 Å². The largest absolute Gasteiger partial charge is 0.459 e. The SMILES string of the molecule is S=C(NCc1ccc(-c2ccccc2)o1)Nc1nc(N2CCc3ccccc3C2)cc(N2CCc3ccccc3C2)n1. The van der Waals surface area contributed by atoms with E-state index in [0.29, 0.717) is 17.6 Å². The second-order valence-corrected chi connectivity index (χ2v) is 11.1. The van der Waals surface area contributed by atoms with E-state index in [0.717, 1.165) is 67.7 Å². The molecule has 7 rings (SSSR count). The molecule has 0 radical (unpaired) electrons. The summed E-state index contributed by atoms with van der Waals surface area (Å²) in [5, 5.41) is 6.95. The quantitative estimate of drug-likeness (QED) is 0.228. The minimum absolute atomic E-state index is 0.448. The van der Waals surface area contributed by atoms with Gasteiger partial charge in [0, 0.05) is 37.8 Å². The Balaban J connectivity index is 1.10. The molecule has 0 spiro atoms. The fourth-order valence-corrected chi connectivity index (χ4v) is 5.89. The van der Waals surface area contributed by atoms with Crippen molar-refractivity contribution in [1.29, 1.82) is 0 Å². The third-order valence-corrected chi connectivity index (χ3v) is 8.22. The molecule has 0 bridgehead atoms. The first-order valence-corrected chi connectivity index (χ1v) is 14.8. The molecule has 0 atom stereocenters. The van der Waals surface area contributed by atoms with Gasteiger partial charge in [-0.1, -0.05) is 78.9 Å². The van der Waals surface area contributed by atoms with E-state index in [2.05, 4.69) is 75.0 Å². The van der Waals surface area contributed by atoms with Crippen LogP contribution in [0.15, 0.2) is 101 Å². The Morgan fingerprint density at radius 2 is 1.29 bits per heavy atom. The molecule has 0 fully saturated rings. The molecule has 0 saturated heterocycles. The Morgan fingerprint density at radius 3 is 1.90 bits per heavy atom. The lowest BCUT2D eigenvalue weighted by molar-refractivity contribution is 0.516. The summed E-state index contributed by atoms with van der Waals surface area (Å²) in [5.74, 6) is 3.92. The normalized spacial score (nSPS) is 14.2. The molecular weight excluding hydrogens is 540 g/mol. The molecule has 0 amide bonds. The van der Waals surface area contributed by atoms with Crippen LogP contribution in [0.3, 0.4) is 0 Å². The molecule has 8 heteroatoms. The summed E-state index contributed by atoms with van der Waals surface area (Å²) in [6.45, 7) is 3.90. The molecule has 210 valence electrons. The van der Waals surface area contributed by atoms with Crippen molar-refractivity contribution in [2.45, 2.75) is 32.5 Å². The van der Waals surface area contributed by atoms with Crippen LogP contribution in [0.5, 0.6) is 0 Å². The van der Waals surface area contributed by atoms with Gasteiger partial charge in [-0.05, 0) is 59.4 Å². The van der Waals surface area contributed by atoms with Crippen molar-refractivity contribution >= 4 is 34.9 Å². The third-order valence-electron chi connectivity index (χ3n) is 7.98. The molecule has 4 heterocycles. The number of hydrogen-bond acceptors (Lipinski definition) is 6. The van der Waals surface area contributed by atoms with Gasteiger partial charge >= 0.3 is 0 Å². The number of hydrogen-bond donors (Lipinski definition) is 2. The summed E-state index contributed by atoms with van der Waals surface area (Å²) < 4.78 is 6.03. The molecule has 2 aliphatic heterocycles. The van der Waals surface area contributed by atoms with Crippen LogP contribution >= 0.6 is 12.2 Å². The molecule has 7 nitrogen and oxygen atoms in total. The van der Waals surface area contributed by atoms with Gasteiger partial charge in [-0.2, -0.15) is 9.97 Å². The molecule has 0 unspecified atom stereocenters. The van der Waals surface area contributed by atoms with Crippen molar-refractivity contribution in [2.24, 2.45) is 0 Å². The summed E-state index contributed by atoms with van der Waals surface area (Å²) in [6, 6.07) is 33.5. The summed E-state index contributed by atoms with van der Waals surface area (Å²) in [4.78, 5) is 14.5. The van der Waals surface area contributed by atoms with Crippen LogP contribution in [0.25, 0.3) is 11.3 Å². The number of benzene rings is 3. The highest BCUT2D eigenvalue weighted by atomic mass is 32.1. The molecule has 0 saturated carbocycles. The Labute approximate surface area is 251 Å². The van der Waals surface area contributed by atoms with Crippen LogP contribution in [-0.4, -0.2) is 28.2 Å². The van der Waals surface area contributed by atoms with Crippen LogP contribution in [0, 0.1) is 0 Å².